The lowest BCUT2D eigenvalue weighted by Gasteiger charge is -2.35. The van der Waals surface area contributed by atoms with Gasteiger partial charge in [-0.3, -0.25) is 24.0 Å². The van der Waals surface area contributed by atoms with Crippen LogP contribution in [0.3, 0.4) is 0 Å². The Morgan fingerprint density at radius 3 is 2.23 bits per heavy atom. The maximum absolute atomic E-state index is 13.2. The molecule has 1 aromatic carbocycles. The highest BCUT2D eigenvalue weighted by Crippen LogP contribution is 2.25. The van der Waals surface area contributed by atoms with Crippen LogP contribution in [-0.4, -0.2) is 84.4 Å². The van der Waals surface area contributed by atoms with Gasteiger partial charge in [-0.1, -0.05) is 37.3 Å². The van der Waals surface area contributed by atoms with Crippen molar-refractivity contribution in [1.82, 2.24) is 20.9 Å². The van der Waals surface area contributed by atoms with Crippen LogP contribution < -0.4 is 27.4 Å². The highest BCUT2D eigenvalue weighted by Gasteiger charge is 2.30. The van der Waals surface area contributed by atoms with Gasteiger partial charge in [0.1, 0.15) is 12.1 Å². The first-order valence-electron chi connectivity index (χ1n) is 13.5. The number of aliphatic carboxylic acids is 1. The van der Waals surface area contributed by atoms with Crippen LogP contribution in [0.15, 0.2) is 30.3 Å². The molecule has 1 unspecified atom stereocenters. The number of carboxylic acids is 1. The smallest absolute Gasteiger partial charge is 0.306 e. The third kappa shape index (κ3) is 11.0. The van der Waals surface area contributed by atoms with Gasteiger partial charge in [-0.25, -0.2) is 0 Å². The minimum atomic E-state index is -0.920. The maximum Gasteiger partial charge on any atom is 0.306 e. The van der Waals surface area contributed by atoms with Gasteiger partial charge >= 0.3 is 5.97 Å². The highest BCUT2D eigenvalue weighted by atomic mass is 16.4. The van der Waals surface area contributed by atoms with Crippen molar-refractivity contribution in [2.45, 2.75) is 57.5 Å². The molecule has 1 saturated heterocycles. The first-order valence-corrected chi connectivity index (χ1v) is 13.5. The number of carbonyl (C=O) groups excluding carboxylic acids is 4. The largest absolute Gasteiger partial charge is 0.481 e. The molecular weight excluding hydrogens is 504 g/mol. The van der Waals surface area contributed by atoms with Crippen LogP contribution in [0.1, 0.15) is 44.6 Å². The summed E-state index contributed by atoms with van der Waals surface area (Å²) >= 11 is 0. The molecule has 216 valence electrons. The lowest BCUT2D eigenvalue weighted by atomic mass is 9.87. The zero-order chi connectivity index (χ0) is 28.8. The van der Waals surface area contributed by atoms with E-state index in [1.807, 2.05) is 30.3 Å². The topological polar surface area (TPSA) is 197 Å². The second-order valence-electron chi connectivity index (χ2n) is 10.0. The van der Waals surface area contributed by atoms with E-state index in [-0.39, 0.29) is 31.3 Å². The maximum atomic E-state index is 13.2. The number of piperidine rings is 1. The normalized spacial score (nSPS) is 16.0. The third-order valence-corrected chi connectivity index (χ3v) is 6.91. The van der Waals surface area contributed by atoms with Crippen LogP contribution in [0.25, 0.3) is 0 Å². The fourth-order valence-electron chi connectivity index (χ4n) is 4.64. The number of amides is 4. The summed E-state index contributed by atoms with van der Waals surface area (Å²) in [5.74, 6) is -2.81. The summed E-state index contributed by atoms with van der Waals surface area (Å²) in [6.45, 7) is 2.37. The number of benzene rings is 1. The van der Waals surface area contributed by atoms with E-state index in [9.17, 15) is 24.0 Å². The summed E-state index contributed by atoms with van der Waals surface area (Å²) in [5, 5.41) is 17.0. The first kappa shape index (κ1) is 31.7. The number of nitrogens with one attached hydrogen (secondary N) is 3. The molecule has 1 aliphatic rings. The fourth-order valence-corrected chi connectivity index (χ4v) is 4.64. The summed E-state index contributed by atoms with van der Waals surface area (Å²) < 4.78 is 0. The number of likely N-dealkylation sites (tertiary alicyclic amines) is 1. The van der Waals surface area contributed by atoms with Crippen LogP contribution >= 0.6 is 0 Å². The molecule has 1 aliphatic heterocycles. The van der Waals surface area contributed by atoms with Gasteiger partial charge in [-0.15, -0.1) is 0 Å². The molecule has 8 N–H and O–H groups in total. The van der Waals surface area contributed by atoms with Gasteiger partial charge in [0, 0.05) is 19.5 Å². The molecule has 0 spiro atoms. The van der Waals surface area contributed by atoms with Crippen molar-refractivity contribution in [1.29, 1.82) is 0 Å². The minimum absolute atomic E-state index is 0.218. The zero-order valence-corrected chi connectivity index (χ0v) is 22.6. The Kier molecular flexibility index (Phi) is 13.4. The molecule has 0 aliphatic carbocycles. The summed E-state index contributed by atoms with van der Waals surface area (Å²) in [5.41, 5.74) is 11.8. The first-order chi connectivity index (χ1) is 18.6. The van der Waals surface area contributed by atoms with Crippen molar-refractivity contribution in [3.05, 3.63) is 35.9 Å². The van der Waals surface area contributed by atoms with Crippen molar-refractivity contribution in [3.63, 3.8) is 0 Å². The molecule has 12 heteroatoms. The average molecular weight is 547 g/mol. The standard InChI is InChI=1S/C27H42N6O6/c1-18(27(38)39)14-20-9-12-33(13-10-20)26(37)21(8-5-11-28)31-24(35)17-30-25(36)22(32-23(34)16-29)15-19-6-3-2-4-7-19/h2-4,6-7,18,20-22H,5,8-17,28-29H2,1H3,(H,30,36)(H,31,35)(H,32,34)(H,38,39)/t18?,21-,22-/m1/s1. The Bertz CT molecular complexity index is 967. The molecule has 4 amide bonds. The predicted molar refractivity (Wildman–Crippen MR) is 145 cm³/mol. The Balaban J connectivity index is 1.92. The number of hydrogen-bond acceptors (Lipinski definition) is 7. The molecule has 0 aromatic heterocycles. The number of hydrogen-bond donors (Lipinski definition) is 6. The van der Waals surface area contributed by atoms with Gasteiger partial charge in [0.15, 0.2) is 0 Å². The number of rotatable bonds is 15. The molecule has 3 atom stereocenters. The molecule has 0 bridgehead atoms. The molecule has 2 rings (SSSR count). The monoisotopic (exact) mass is 546 g/mol. The fraction of sp³-hybridized carbons (Fsp3) is 0.593. The summed E-state index contributed by atoms with van der Waals surface area (Å²) in [6, 6.07) is 7.42. The molecule has 12 nitrogen and oxygen atoms in total. The highest BCUT2D eigenvalue weighted by molar-refractivity contribution is 5.92. The number of carboxylic acid groups (broad SMARTS) is 1. The van der Waals surface area contributed by atoms with E-state index in [2.05, 4.69) is 16.0 Å². The van der Waals surface area contributed by atoms with Gasteiger partial charge in [0.2, 0.25) is 23.6 Å². The van der Waals surface area contributed by atoms with Gasteiger partial charge in [0.25, 0.3) is 0 Å². The number of carbonyl (C=O) groups is 5. The Labute approximate surface area is 229 Å². The zero-order valence-electron chi connectivity index (χ0n) is 22.6. The second-order valence-corrected chi connectivity index (χ2v) is 10.0. The molecule has 1 heterocycles. The molecule has 1 aromatic rings. The van der Waals surface area contributed by atoms with Crippen LogP contribution in [-0.2, 0) is 30.4 Å². The SMILES string of the molecule is CC(CC1CCN(C(=O)[C@@H](CCCN)NC(=O)CNC(=O)[C@@H](Cc2ccccc2)NC(=O)CN)CC1)C(=O)O. The van der Waals surface area contributed by atoms with E-state index in [4.69, 9.17) is 16.6 Å². The Hall–Kier alpha value is -3.51. The average Bonchev–Trinajstić information content (AvgIpc) is 2.93. The van der Waals surface area contributed by atoms with Gasteiger partial charge in [-0.05, 0) is 50.1 Å². The van der Waals surface area contributed by atoms with Crippen molar-refractivity contribution in [2.24, 2.45) is 23.3 Å². The molecule has 0 radical (unpaired) electrons. The predicted octanol–water partition coefficient (Wildman–Crippen LogP) is -0.638. The van der Waals surface area contributed by atoms with Gasteiger partial charge < -0.3 is 37.4 Å². The quantitative estimate of drug-likeness (QED) is 0.167. The Morgan fingerprint density at radius 2 is 1.64 bits per heavy atom. The summed E-state index contributed by atoms with van der Waals surface area (Å²) in [4.78, 5) is 63.4. The lowest BCUT2D eigenvalue weighted by Crippen LogP contribution is -2.54. The minimum Gasteiger partial charge on any atom is -0.481 e. The Morgan fingerprint density at radius 1 is 1.00 bits per heavy atom. The van der Waals surface area contributed by atoms with E-state index in [1.54, 1.807) is 11.8 Å². The van der Waals surface area contributed by atoms with Crippen LogP contribution in [0.2, 0.25) is 0 Å². The second kappa shape index (κ2) is 16.5. The van der Waals surface area contributed by atoms with Gasteiger partial charge in [0.05, 0.1) is 19.0 Å². The van der Waals surface area contributed by atoms with E-state index < -0.39 is 41.7 Å². The van der Waals surface area contributed by atoms with Crippen molar-refractivity contribution < 1.29 is 29.1 Å². The van der Waals surface area contributed by atoms with Crippen molar-refractivity contribution in [3.8, 4) is 0 Å². The lowest BCUT2D eigenvalue weighted by molar-refractivity contribution is -0.142. The summed E-state index contributed by atoms with van der Waals surface area (Å²) in [6.07, 6.45) is 3.08. The summed E-state index contributed by atoms with van der Waals surface area (Å²) in [7, 11) is 0. The molecular formula is C27H42N6O6. The molecule has 0 saturated carbocycles. The number of nitrogens with zero attached hydrogens (tertiary/aromatic N) is 1. The van der Waals surface area contributed by atoms with Gasteiger partial charge in [-0.2, -0.15) is 0 Å². The van der Waals surface area contributed by atoms with E-state index in [1.165, 1.54) is 0 Å². The number of nitrogens with two attached hydrogens (primary N) is 2. The van der Waals surface area contributed by atoms with E-state index in [0.717, 1.165) is 5.56 Å². The molecule has 39 heavy (non-hydrogen) atoms. The van der Waals surface area contributed by atoms with E-state index >= 15 is 0 Å². The molecule has 1 fully saturated rings. The van der Waals surface area contributed by atoms with Crippen LogP contribution in [0.4, 0.5) is 0 Å². The van der Waals surface area contributed by atoms with E-state index in [0.29, 0.717) is 51.7 Å². The third-order valence-electron chi connectivity index (χ3n) is 6.91. The van der Waals surface area contributed by atoms with Crippen LogP contribution in [0, 0.1) is 11.8 Å². The van der Waals surface area contributed by atoms with Crippen molar-refractivity contribution in [2.75, 3.05) is 32.7 Å². The van der Waals surface area contributed by atoms with Crippen LogP contribution in [0.5, 0.6) is 0 Å². The van der Waals surface area contributed by atoms with Crippen molar-refractivity contribution >= 4 is 29.6 Å².